The molecule has 0 aliphatic heterocycles. The number of carbonyl (C=O) groups excluding carboxylic acids is 2. The van der Waals surface area contributed by atoms with Crippen molar-refractivity contribution in [2.24, 2.45) is 5.11 Å². The second kappa shape index (κ2) is 7.56. The molecule has 108 valence electrons. The molecule has 9 heteroatoms. The van der Waals surface area contributed by atoms with Gasteiger partial charge in [0.15, 0.2) is 0 Å². The Hall–Kier alpha value is -2.99. The first kappa shape index (κ1) is 16.1. The molecule has 1 aromatic carbocycles. The van der Waals surface area contributed by atoms with Gasteiger partial charge in [-0.25, -0.2) is 5.06 Å². The molecule has 0 saturated heterocycles. The highest BCUT2D eigenvalue weighted by Gasteiger charge is 2.29. The second-order valence-electron chi connectivity index (χ2n) is 3.94. The molecule has 0 atom stereocenters. The van der Waals surface area contributed by atoms with Crippen LogP contribution in [0.25, 0.3) is 16.0 Å². The molecular formula is C12H12N6O3. The predicted molar refractivity (Wildman–Crippen MR) is 72.1 cm³/mol. The fourth-order valence-corrected chi connectivity index (χ4v) is 1.35. The fraction of sp³-hybridized carbons (Fsp3) is 0.250. The molecule has 0 aliphatic rings. The Morgan fingerprint density at radius 3 is 2.38 bits per heavy atom. The Kier molecular flexibility index (Phi) is 5.79. The van der Waals surface area contributed by atoms with Crippen molar-refractivity contribution in [1.82, 2.24) is 5.06 Å². The summed E-state index contributed by atoms with van der Waals surface area (Å²) in [5, 5.41) is 4.22. The molecule has 0 fully saturated rings. The number of benzene rings is 1. The molecule has 1 amide bonds. The van der Waals surface area contributed by atoms with E-state index in [2.05, 4.69) is 14.8 Å². The summed E-state index contributed by atoms with van der Waals surface area (Å²) in [5.41, 5.74) is 17.4. The van der Waals surface area contributed by atoms with Crippen LogP contribution in [0, 0.1) is 0 Å². The van der Waals surface area contributed by atoms with Crippen LogP contribution in [-0.2, 0) is 21.0 Å². The van der Waals surface area contributed by atoms with Gasteiger partial charge in [-0.3, -0.25) is 14.4 Å². The Bertz CT molecular complexity index is 641. The highest BCUT2D eigenvalue weighted by molar-refractivity contribution is 6.62. The zero-order valence-electron chi connectivity index (χ0n) is 11.4. The summed E-state index contributed by atoms with van der Waals surface area (Å²) in [7, 11) is 1.30. The fourth-order valence-electron chi connectivity index (χ4n) is 1.35. The summed E-state index contributed by atoms with van der Waals surface area (Å²) < 4.78 is 0. The zero-order valence-corrected chi connectivity index (χ0v) is 11.4. The Labute approximate surface area is 119 Å². The van der Waals surface area contributed by atoms with Crippen molar-refractivity contribution < 1.29 is 19.2 Å². The van der Waals surface area contributed by atoms with Crippen LogP contribution in [-0.4, -0.2) is 34.3 Å². The third kappa shape index (κ3) is 4.55. The van der Waals surface area contributed by atoms with Crippen LogP contribution < -0.4 is 0 Å². The largest absolute Gasteiger partial charge is 0.423 e. The number of amides is 1. The minimum atomic E-state index is -0.851. The molecule has 9 nitrogen and oxygen atoms in total. The van der Waals surface area contributed by atoms with Gasteiger partial charge in [0.2, 0.25) is 5.78 Å². The maximum Gasteiger partial charge on any atom is 0.423 e. The van der Waals surface area contributed by atoms with Gasteiger partial charge in [-0.2, -0.15) is 4.79 Å². The van der Waals surface area contributed by atoms with Crippen molar-refractivity contribution in [2.45, 2.75) is 13.5 Å². The van der Waals surface area contributed by atoms with Gasteiger partial charge in [0, 0.05) is 24.6 Å². The van der Waals surface area contributed by atoms with Crippen LogP contribution in [0.3, 0.4) is 0 Å². The zero-order chi connectivity index (χ0) is 15.8. The summed E-state index contributed by atoms with van der Waals surface area (Å²) in [4.78, 5) is 33.2. The molecule has 0 N–H and O–H groups in total. The molecule has 1 aromatic rings. The van der Waals surface area contributed by atoms with E-state index in [1.807, 2.05) is 0 Å². The topological polar surface area (TPSA) is 132 Å². The molecule has 1 rings (SSSR count). The summed E-state index contributed by atoms with van der Waals surface area (Å²) in [6.07, 6.45) is 0. The standard InChI is InChI=1S/C12H12N6O3/c1-8(19)11(15-13)12(20)18(2)21-7-9-3-5-10(6-4-9)16-17-14/h3-6H,7H2,1-2H3. The minimum absolute atomic E-state index is 0.0510. The Morgan fingerprint density at radius 1 is 1.29 bits per heavy atom. The van der Waals surface area contributed by atoms with E-state index < -0.39 is 17.4 Å². The van der Waals surface area contributed by atoms with Gasteiger partial charge in [0.25, 0.3) is 0 Å². The van der Waals surface area contributed by atoms with Gasteiger partial charge < -0.3 is 5.53 Å². The number of hydrogen-bond donors (Lipinski definition) is 0. The highest BCUT2D eigenvalue weighted by Crippen LogP contribution is 2.13. The van der Waals surface area contributed by atoms with Crippen LogP contribution in [0.2, 0.25) is 0 Å². The third-order valence-corrected chi connectivity index (χ3v) is 2.44. The molecule has 0 radical (unpaired) electrons. The van der Waals surface area contributed by atoms with Gasteiger partial charge in [-0.05, 0) is 11.1 Å². The first-order valence-electron chi connectivity index (χ1n) is 5.77. The van der Waals surface area contributed by atoms with E-state index >= 15 is 0 Å². The van der Waals surface area contributed by atoms with E-state index in [1.165, 1.54) is 7.05 Å². The molecule has 0 aliphatic carbocycles. The van der Waals surface area contributed by atoms with E-state index in [1.54, 1.807) is 24.3 Å². The quantitative estimate of drug-likeness (QED) is 0.197. The van der Waals surface area contributed by atoms with Gasteiger partial charge in [0.05, 0.1) is 0 Å². The lowest BCUT2D eigenvalue weighted by Crippen LogP contribution is -2.37. The summed E-state index contributed by atoms with van der Waals surface area (Å²) in [5.74, 6) is -1.52. The van der Waals surface area contributed by atoms with Crippen molar-refractivity contribution in [3.63, 3.8) is 0 Å². The second-order valence-corrected chi connectivity index (χ2v) is 3.94. The number of rotatable bonds is 6. The van der Waals surface area contributed by atoms with E-state index in [-0.39, 0.29) is 6.61 Å². The molecule has 0 heterocycles. The molecule has 21 heavy (non-hydrogen) atoms. The van der Waals surface area contributed by atoms with Crippen LogP contribution in [0.15, 0.2) is 29.4 Å². The summed E-state index contributed by atoms with van der Waals surface area (Å²) in [6.45, 7) is 1.16. The third-order valence-electron chi connectivity index (χ3n) is 2.44. The highest BCUT2D eigenvalue weighted by atomic mass is 16.7. The first-order chi connectivity index (χ1) is 9.99. The normalized spacial score (nSPS) is 9.24. The van der Waals surface area contributed by atoms with Gasteiger partial charge in [-0.1, -0.05) is 29.4 Å². The van der Waals surface area contributed by atoms with Gasteiger partial charge in [-0.15, -0.1) is 0 Å². The Morgan fingerprint density at radius 2 is 1.90 bits per heavy atom. The van der Waals surface area contributed by atoms with E-state index in [4.69, 9.17) is 15.9 Å². The maximum absolute atomic E-state index is 11.7. The van der Waals surface area contributed by atoms with Crippen molar-refractivity contribution in [3.05, 3.63) is 45.8 Å². The Balaban J connectivity index is 2.66. The van der Waals surface area contributed by atoms with Gasteiger partial charge >= 0.3 is 11.6 Å². The van der Waals surface area contributed by atoms with Crippen molar-refractivity contribution in [3.8, 4) is 0 Å². The average molecular weight is 288 g/mol. The van der Waals surface area contributed by atoms with Crippen LogP contribution in [0.4, 0.5) is 5.69 Å². The monoisotopic (exact) mass is 288 g/mol. The van der Waals surface area contributed by atoms with Crippen LogP contribution in [0.1, 0.15) is 12.5 Å². The molecule has 0 bridgehead atoms. The van der Waals surface area contributed by atoms with Crippen molar-refractivity contribution in [2.75, 3.05) is 7.05 Å². The number of carbonyl (C=O) groups is 2. The summed E-state index contributed by atoms with van der Waals surface area (Å²) >= 11 is 0. The number of hydrogen-bond acceptors (Lipinski definition) is 4. The van der Waals surface area contributed by atoms with E-state index in [0.717, 1.165) is 17.6 Å². The predicted octanol–water partition coefficient (Wildman–Crippen LogP) is 1.78. The van der Waals surface area contributed by atoms with Crippen LogP contribution in [0.5, 0.6) is 0 Å². The number of azide groups is 1. The van der Waals surface area contributed by atoms with Crippen molar-refractivity contribution in [1.29, 1.82) is 0 Å². The smallest absolute Gasteiger partial charge is 0.360 e. The number of Topliss-reactive ketones (excluding diaryl/α,β-unsaturated/α-hetero) is 1. The average Bonchev–Trinajstić information content (AvgIpc) is 2.46. The SMILES string of the molecule is CC(=O)C(=[N+]=[N-])C(=O)N(C)OCc1ccc(N=[N+]=[N-])cc1. The molecular weight excluding hydrogens is 276 g/mol. The van der Waals surface area contributed by atoms with Crippen LogP contribution >= 0.6 is 0 Å². The summed E-state index contributed by atoms with van der Waals surface area (Å²) in [6, 6.07) is 6.51. The lowest BCUT2D eigenvalue weighted by atomic mass is 10.2. The minimum Gasteiger partial charge on any atom is -0.360 e. The number of nitrogens with zero attached hydrogens (tertiary/aromatic N) is 6. The van der Waals surface area contributed by atoms with E-state index in [0.29, 0.717) is 5.69 Å². The molecule has 0 unspecified atom stereocenters. The van der Waals surface area contributed by atoms with E-state index in [9.17, 15) is 9.59 Å². The van der Waals surface area contributed by atoms with Crippen molar-refractivity contribution >= 4 is 23.1 Å². The van der Waals surface area contributed by atoms with Gasteiger partial charge in [0.1, 0.15) is 6.61 Å². The molecule has 0 saturated carbocycles. The number of ketones is 1. The number of hydroxylamine groups is 2. The first-order valence-corrected chi connectivity index (χ1v) is 5.77. The maximum atomic E-state index is 11.7. The molecule has 0 aromatic heterocycles. The lowest BCUT2D eigenvalue weighted by Gasteiger charge is -2.14. The lowest BCUT2D eigenvalue weighted by molar-refractivity contribution is -0.178. The molecule has 0 spiro atoms.